The van der Waals surface area contributed by atoms with Gasteiger partial charge in [-0.1, -0.05) is 139 Å². The minimum atomic E-state index is -1.31. The van der Waals surface area contributed by atoms with Gasteiger partial charge in [-0.15, -0.1) is 0 Å². The standard InChI is InChI=1S/C52H59N3O11/c1-34(39-23-15-8-16-24-39)62-47-45(60-31-37-21-13-7-14-22-37)49-50(66-52(2,3)65-49)46(61-32-38-25-27-40(57-4)28-26-38)48(47)64-51-42(54-55-53)44(59-30-36-19-11-6-12-20-36)43(56)41(63-51)33-58-29-35-17-9-5-10-18-35/h5-28,34,41-51,56H,29-33H2,1-4H3/t34-,41+,42+,43+,44+,45-,46-,47-,48-,49+,50-,51+/m0/s1. The van der Waals surface area contributed by atoms with Crippen LogP contribution in [0, 0.1) is 0 Å². The molecule has 2 aliphatic heterocycles. The van der Waals surface area contributed by atoms with Gasteiger partial charge in [0.15, 0.2) is 12.1 Å². The summed E-state index contributed by atoms with van der Waals surface area (Å²) in [6.07, 6.45) is -10.1. The third kappa shape index (κ3) is 11.8. The number of fused-ring (bicyclic) bond motifs is 1. The quantitative estimate of drug-likeness (QED) is 0.0452. The number of benzene rings is 5. The van der Waals surface area contributed by atoms with E-state index < -0.39 is 79.2 Å². The Balaban J connectivity index is 1.19. The second-order valence-electron chi connectivity index (χ2n) is 17.2. The first-order chi connectivity index (χ1) is 32.2. The molecule has 5 aromatic carbocycles. The minimum absolute atomic E-state index is 0.0320. The first-order valence-electron chi connectivity index (χ1n) is 22.5. The van der Waals surface area contributed by atoms with Gasteiger partial charge in [0.2, 0.25) is 0 Å². The lowest BCUT2D eigenvalue weighted by Gasteiger charge is -2.50. The summed E-state index contributed by atoms with van der Waals surface area (Å²) in [6.45, 7) is 6.41. The van der Waals surface area contributed by atoms with E-state index in [1.807, 2.05) is 166 Å². The van der Waals surface area contributed by atoms with Crippen LogP contribution in [-0.2, 0) is 69.1 Å². The van der Waals surface area contributed by atoms with Crippen molar-refractivity contribution in [2.45, 2.75) is 126 Å². The van der Waals surface area contributed by atoms with Gasteiger partial charge in [-0.25, -0.2) is 0 Å². The molecule has 66 heavy (non-hydrogen) atoms. The maximum Gasteiger partial charge on any atom is 0.169 e. The average Bonchev–Trinajstić information content (AvgIpc) is 3.68. The molecule has 8 rings (SSSR count). The molecule has 14 nitrogen and oxygen atoms in total. The van der Waals surface area contributed by atoms with E-state index in [9.17, 15) is 10.6 Å². The van der Waals surface area contributed by atoms with Gasteiger partial charge >= 0.3 is 0 Å². The van der Waals surface area contributed by atoms with Gasteiger partial charge in [0.1, 0.15) is 60.6 Å². The Morgan fingerprint density at radius 2 is 1.12 bits per heavy atom. The Kier molecular flexibility index (Phi) is 16.2. The fourth-order valence-corrected chi connectivity index (χ4v) is 8.80. The largest absolute Gasteiger partial charge is 0.497 e. The normalized spacial score (nSPS) is 28.5. The monoisotopic (exact) mass is 901 g/mol. The van der Waals surface area contributed by atoms with Crippen molar-refractivity contribution in [2.75, 3.05) is 13.7 Å². The van der Waals surface area contributed by atoms with E-state index in [0.717, 1.165) is 27.8 Å². The van der Waals surface area contributed by atoms with Crippen LogP contribution in [0.25, 0.3) is 10.4 Å². The van der Waals surface area contributed by atoms with Gasteiger partial charge < -0.3 is 52.5 Å². The third-order valence-corrected chi connectivity index (χ3v) is 12.1. The Hall–Kier alpha value is -5.19. The Bertz CT molecular complexity index is 2270. The second-order valence-corrected chi connectivity index (χ2v) is 17.2. The molecule has 3 fully saturated rings. The number of methoxy groups -OCH3 is 1. The molecule has 14 heteroatoms. The highest BCUT2D eigenvalue weighted by Crippen LogP contribution is 2.44. The van der Waals surface area contributed by atoms with Gasteiger partial charge in [-0.2, -0.15) is 0 Å². The van der Waals surface area contributed by atoms with Crippen LogP contribution in [0.1, 0.15) is 54.7 Å². The zero-order chi connectivity index (χ0) is 45.9. The van der Waals surface area contributed by atoms with Crippen molar-refractivity contribution in [1.29, 1.82) is 0 Å². The second kappa shape index (κ2) is 22.5. The molecule has 0 amide bonds. The summed E-state index contributed by atoms with van der Waals surface area (Å²) in [5.74, 6) is -0.340. The molecule has 348 valence electrons. The van der Waals surface area contributed by atoms with Crippen molar-refractivity contribution in [2.24, 2.45) is 5.11 Å². The molecule has 1 aliphatic carbocycles. The van der Waals surface area contributed by atoms with Crippen molar-refractivity contribution in [3.63, 3.8) is 0 Å². The molecule has 0 radical (unpaired) electrons. The SMILES string of the molecule is COc1ccc(CO[C@H]2[C@H](O[C@H]3O[C@H](COCc4ccccc4)[C@@H](O)[C@H](OCc4ccccc4)[C@H]3N=[N+]=[N-])[C@@H](O[C@@H](C)c3ccccc3)[C@H](OCc3ccccc3)[C@H]3OC(C)(C)O[C@@H]23)cc1. The molecule has 0 aromatic heterocycles. The summed E-state index contributed by atoms with van der Waals surface area (Å²) in [6, 6.07) is 45.4. The summed E-state index contributed by atoms with van der Waals surface area (Å²) >= 11 is 0. The molecule has 3 aliphatic rings. The van der Waals surface area contributed by atoms with E-state index in [0.29, 0.717) is 5.75 Å². The predicted octanol–water partition coefficient (Wildman–Crippen LogP) is 8.80. The fraction of sp³-hybridized carbons (Fsp3) is 0.423. The summed E-state index contributed by atoms with van der Waals surface area (Å²) in [5, 5.41) is 16.3. The molecule has 1 saturated carbocycles. The van der Waals surface area contributed by atoms with Crippen LogP contribution >= 0.6 is 0 Å². The number of rotatable bonds is 20. The maximum atomic E-state index is 12.0. The Morgan fingerprint density at radius 1 is 0.636 bits per heavy atom. The Morgan fingerprint density at radius 3 is 1.65 bits per heavy atom. The van der Waals surface area contributed by atoms with Crippen LogP contribution in [0.4, 0.5) is 0 Å². The topological polar surface area (TPSA) is 161 Å². The molecule has 2 heterocycles. The molecular formula is C52H59N3O11. The molecule has 0 spiro atoms. The van der Waals surface area contributed by atoms with Crippen molar-refractivity contribution >= 4 is 0 Å². The first-order valence-corrected chi connectivity index (χ1v) is 22.5. The van der Waals surface area contributed by atoms with Crippen molar-refractivity contribution in [3.05, 3.63) is 184 Å². The van der Waals surface area contributed by atoms with Crippen LogP contribution in [0.15, 0.2) is 151 Å². The van der Waals surface area contributed by atoms with Crippen molar-refractivity contribution in [3.8, 4) is 5.75 Å². The first kappa shape index (κ1) is 47.3. The zero-order valence-corrected chi connectivity index (χ0v) is 37.7. The third-order valence-electron chi connectivity index (χ3n) is 12.1. The van der Waals surface area contributed by atoms with Crippen LogP contribution in [0.3, 0.4) is 0 Å². The van der Waals surface area contributed by atoms with Crippen molar-refractivity contribution in [1.82, 2.24) is 0 Å². The van der Waals surface area contributed by atoms with E-state index in [-0.39, 0.29) is 33.0 Å². The number of hydrogen-bond donors (Lipinski definition) is 1. The minimum Gasteiger partial charge on any atom is -0.497 e. The van der Waals surface area contributed by atoms with Crippen LogP contribution in [0.2, 0.25) is 0 Å². The molecule has 0 bridgehead atoms. The van der Waals surface area contributed by atoms with Crippen LogP contribution in [-0.4, -0.2) is 91.9 Å². The van der Waals surface area contributed by atoms with Gasteiger partial charge in [0.05, 0.1) is 52.4 Å². The Labute approximate surface area is 386 Å². The fourth-order valence-electron chi connectivity index (χ4n) is 8.80. The summed E-state index contributed by atoms with van der Waals surface area (Å²) in [5.41, 5.74) is 14.7. The number of azide groups is 1. The highest BCUT2D eigenvalue weighted by atomic mass is 16.8. The van der Waals surface area contributed by atoms with Gasteiger partial charge in [0.25, 0.3) is 0 Å². The zero-order valence-electron chi connectivity index (χ0n) is 37.7. The lowest BCUT2D eigenvalue weighted by atomic mass is 9.83. The van der Waals surface area contributed by atoms with E-state index in [1.54, 1.807) is 7.11 Å². The summed E-state index contributed by atoms with van der Waals surface area (Å²) in [7, 11) is 1.62. The van der Waals surface area contributed by atoms with E-state index >= 15 is 0 Å². The van der Waals surface area contributed by atoms with Crippen molar-refractivity contribution < 1.29 is 52.5 Å². The predicted molar refractivity (Wildman–Crippen MR) is 244 cm³/mol. The average molecular weight is 902 g/mol. The van der Waals surface area contributed by atoms with Crippen LogP contribution < -0.4 is 4.74 Å². The van der Waals surface area contributed by atoms with Gasteiger partial charge in [-0.05, 0) is 66.3 Å². The van der Waals surface area contributed by atoms with E-state index in [1.165, 1.54) is 0 Å². The van der Waals surface area contributed by atoms with E-state index in [4.69, 9.17) is 47.4 Å². The van der Waals surface area contributed by atoms with Gasteiger partial charge in [-0.3, -0.25) is 0 Å². The lowest BCUT2D eigenvalue weighted by Crippen LogP contribution is -2.68. The lowest BCUT2D eigenvalue weighted by molar-refractivity contribution is -0.329. The highest BCUT2D eigenvalue weighted by molar-refractivity contribution is 5.27. The molecular weight excluding hydrogens is 843 g/mol. The van der Waals surface area contributed by atoms with Crippen LogP contribution in [0.5, 0.6) is 5.75 Å². The molecule has 0 unspecified atom stereocenters. The highest BCUT2D eigenvalue weighted by Gasteiger charge is 2.62. The number of nitrogens with zero attached hydrogens (tertiary/aromatic N) is 3. The molecule has 1 N–H and O–H groups in total. The maximum absolute atomic E-state index is 12.0. The number of aliphatic hydroxyl groups excluding tert-OH is 1. The number of hydrogen-bond acceptors (Lipinski definition) is 12. The van der Waals surface area contributed by atoms with Gasteiger partial charge in [0, 0.05) is 4.91 Å². The smallest absolute Gasteiger partial charge is 0.169 e. The number of ether oxygens (including phenoxy) is 10. The molecule has 2 saturated heterocycles. The summed E-state index contributed by atoms with van der Waals surface area (Å²) < 4.78 is 66.6. The molecule has 12 atom stereocenters. The number of aliphatic hydroxyl groups is 1. The molecule has 5 aromatic rings. The van der Waals surface area contributed by atoms with E-state index in [2.05, 4.69) is 10.0 Å². The summed E-state index contributed by atoms with van der Waals surface area (Å²) in [4.78, 5) is 3.24.